The third kappa shape index (κ3) is 3.51. The summed E-state index contributed by atoms with van der Waals surface area (Å²) in [6.07, 6.45) is 5.00. The number of halogens is 2. The summed E-state index contributed by atoms with van der Waals surface area (Å²) < 4.78 is 26.1. The van der Waals surface area contributed by atoms with E-state index in [4.69, 9.17) is 5.73 Å². The first-order valence-corrected chi connectivity index (χ1v) is 7.06. The van der Waals surface area contributed by atoms with Crippen molar-refractivity contribution in [3.63, 3.8) is 0 Å². The summed E-state index contributed by atoms with van der Waals surface area (Å²) in [4.78, 5) is 2.36. The zero-order valence-electron chi connectivity index (χ0n) is 11.4. The summed E-state index contributed by atoms with van der Waals surface area (Å²) in [6, 6.07) is 4.27. The molecular weight excluding hydrogens is 246 g/mol. The van der Waals surface area contributed by atoms with E-state index in [0.29, 0.717) is 18.2 Å². The average Bonchev–Trinajstić information content (AvgIpc) is 2.92. The van der Waals surface area contributed by atoms with Gasteiger partial charge in [0.1, 0.15) is 0 Å². The highest BCUT2D eigenvalue weighted by Gasteiger charge is 2.23. The Morgan fingerprint density at radius 3 is 2.53 bits per heavy atom. The molecule has 1 aromatic rings. The molecule has 19 heavy (non-hydrogen) atoms. The van der Waals surface area contributed by atoms with Crippen LogP contribution in [0.3, 0.4) is 0 Å². The van der Waals surface area contributed by atoms with Crippen molar-refractivity contribution >= 4 is 0 Å². The van der Waals surface area contributed by atoms with Crippen LogP contribution in [0.2, 0.25) is 0 Å². The predicted octanol–water partition coefficient (Wildman–Crippen LogP) is 3.23. The highest BCUT2D eigenvalue weighted by molar-refractivity contribution is 5.21. The van der Waals surface area contributed by atoms with Crippen molar-refractivity contribution in [1.29, 1.82) is 0 Å². The van der Waals surface area contributed by atoms with Gasteiger partial charge in [-0.2, -0.15) is 0 Å². The normalized spacial score (nSPS) is 18.2. The minimum absolute atomic E-state index is 0.268. The highest BCUT2D eigenvalue weighted by atomic mass is 19.2. The number of hydrogen-bond acceptors (Lipinski definition) is 2. The second kappa shape index (κ2) is 6.44. The zero-order valence-corrected chi connectivity index (χ0v) is 11.4. The molecule has 2 rings (SSSR count). The van der Waals surface area contributed by atoms with Crippen LogP contribution in [-0.4, -0.2) is 24.0 Å². The number of rotatable bonds is 5. The fraction of sp³-hybridized carbons (Fsp3) is 0.600. The molecule has 1 aromatic carbocycles. The summed E-state index contributed by atoms with van der Waals surface area (Å²) in [5.74, 6) is -1.64. The van der Waals surface area contributed by atoms with Crippen LogP contribution >= 0.6 is 0 Å². The van der Waals surface area contributed by atoms with Gasteiger partial charge in [0.15, 0.2) is 11.6 Å². The number of nitrogens with two attached hydrogens (primary N) is 1. The lowest BCUT2D eigenvalue weighted by Gasteiger charge is -2.30. The minimum Gasteiger partial charge on any atom is -0.323 e. The lowest BCUT2D eigenvalue weighted by Crippen LogP contribution is -2.38. The molecular formula is C15H22F2N2. The van der Waals surface area contributed by atoms with E-state index in [1.807, 2.05) is 0 Å². The maximum atomic E-state index is 13.2. The third-order valence-corrected chi connectivity index (χ3v) is 4.05. The predicted molar refractivity (Wildman–Crippen MR) is 72.8 cm³/mol. The summed E-state index contributed by atoms with van der Waals surface area (Å²) in [6.45, 7) is 3.77. The average molecular weight is 268 g/mol. The van der Waals surface area contributed by atoms with Gasteiger partial charge in [-0.15, -0.1) is 0 Å². The molecule has 1 atom stereocenters. The van der Waals surface area contributed by atoms with Gasteiger partial charge < -0.3 is 5.73 Å². The smallest absolute Gasteiger partial charge is 0.159 e. The van der Waals surface area contributed by atoms with Crippen molar-refractivity contribution in [3.05, 3.63) is 35.4 Å². The number of benzene rings is 1. The van der Waals surface area contributed by atoms with E-state index in [1.54, 1.807) is 6.07 Å². The van der Waals surface area contributed by atoms with Crippen molar-refractivity contribution < 1.29 is 8.78 Å². The first-order chi connectivity index (χ1) is 9.11. The molecule has 0 aliphatic heterocycles. The molecule has 0 spiro atoms. The Bertz CT molecular complexity index is 417. The molecule has 0 aromatic heterocycles. The Labute approximate surface area is 113 Å². The van der Waals surface area contributed by atoms with Crippen LogP contribution in [0.1, 0.15) is 44.2 Å². The van der Waals surface area contributed by atoms with Gasteiger partial charge in [0, 0.05) is 18.6 Å². The van der Waals surface area contributed by atoms with Crippen molar-refractivity contribution in [2.45, 2.75) is 44.7 Å². The quantitative estimate of drug-likeness (QED) is 0.888. The van der Waals surface area contributed by atoms with E-state index in [0.717, 1.165) is 12.6 Å². The molecule has 4 heteroatoms. The van der Waals surface area contributed by atoms with Gasteiger partial charge in [0.2, 0.25) is 0 Å². The molecule has 2 nitrogen and oxygen atoms in total. The van der Waals surface area contributed by atoms with E-state index < -0.39 is 11.6 Å². The van der Waals surface area contributed by atoms with Crippen LogP contribution in [-0.2, 0) is 0 Å². The Balaban J connectivity index is 2.01. The Hall–Kier alpha value is -1.00. The molecule has 1 aliphatic rings. The van der Waals surface area contributed by atoms with Crippen LogP contribution < -0.4 is 5.73 Å². The monoisotopic (exact) mass is 268 g/mol. The lowest BCUT2D eigenvalue weighted by molar-refractivity contribution is 0.196. The van der Waals surface area contributed by atoms with Gasteiger partial charge in [-0.3, -0.25) is 4.90 Å². The molecule has 0 heterocycles. The first-order valence-electron chi connectivity index (χ1n) is 7.06. The van der Waals surface area contributed by atoms with Crippen LogP contribution in [0, 0.1) is 11.6 Å². The Morgan fingerprint density at radius 2 is 1.95 bits per heavy atom. The second-order valence-electron chi connectivity index (χ2n) is 5.31. The zero-order chi connectivity index (χ0) is 13.8. The molecule has 0 amide bonds. The highest BCUT2D eigenvalue weighted by Crippen LogP contribution is 2.25. The van der Waals surface area contributed by atoms with E-state index >= 15 is 0 Å². The van der Waals surface area contributed by atoms with Gasteiger partial charge in [-0.05, 0) is 37.1 Å². The third-order valence-electron chi connectivity index (χ3n) is 4.05. The molecule has 1 aliphatic carbocycles. The van der Waals surface area contributed by atoms with Gasteiger partial charge in [0.25, 0.3) is 0 Å². The largest absolute Gasteiger partial charge is 0.323 e. The topological polar surface area (TPSA) is 29.3 Å². The Morgan fingerprint density at radius 1 is 1.26 bits per heavy atom. The van der Waals surface area contributed by atoms with Crippen molar-refractivity contribution in [2.24, 2.45) is 5.73 Å². The standard InChI is InChI=1S/C15H22F2N2/c1-2-19(12-5-3-4-6-12)10-15(18)11-7-8-13(16)14(17)9-11/h7-9,12,15H,2-6,10,18H2,1H3. The van der Waals surface area contributed by atoms with E-state index in [-0.39, 0.29) is 6.04 Å². The molecule has 106 valence electrons. The number of hydrogen-bond donors (Lipinski definition) is 1. The second-order valence-corrected chi connectivity index (χ2v) is 5.31. The molecule has 2 N–H and O–H groups in total. The molecule has 0 radical (unpaired) electrons. The molecule has 1 saturated carbocycles. The van der Waals surface area contributed by atoms with Crippen LogP contribution in [0.4, 0.5) is 8.78 Å². The van der Waals surface area contributed by atoms with Crippen LogP contribution in [0.25, 0.3) is 0 Å². The summed E-state index contributed by atoms with van der Waals surface area (Å²) in [5, 5.41) is 0. The van der Waals surface area contributed by atoms with E-state index in [1.165, 1.54) is 31.7 Å². The SMILES string of the molecule is CCN(CC(N)c1ccc(F)c(F)c1)C1CCCC1. The van der Waals surface area contributed by atoms with Gasteiger partial charge in [-0.1, -0.05) is 25.8 Å². The lowest BCUT2D eigenvalue weighted by atomic mass is 10.1. The summed E-state index contributed by atoms with van der Waals surface area (Å²) in [7, 11) is 0. The summed E-state index contributed by atoms with van der Waals surface area (Å²) >= 11 is 0. The number of likely N-dealkylation sites (N-methyl/N-ethyl adjacent to an activating group) is 1. The number of nitrogens with zero attached hydrogens (tertiary/aromatic N) is 1. The van der Waals surface area contributed by atoms with Crippen molar-refractivity contribution in [3.8, 4) is 0 Å². The Kier molecular flexibility index (Phi) is 4.88. The molecule has 0 bridgehead atoms. The minimum atomic E-state index is -0.822. The van der Waals surface area contributed by atoms with Gasteiger partial charge in [0.05, 0.1) is 0 Å². The maximum Gasteiger partial charge on any atom is 0.159 e. The van der Waals surface area contributed by atoms with E-state index in [9.17, 15) is 8.78 Å². The van der Waals surface area contributed by atoms with Crippen molar-refractivity contribution in [1.82, 2.24) is 4.90 Å². The van der Waals surface area contributed by atoms with Crippen LogP contribution in [0.15, 0.2) is 18.2 Å². The van der Waals surface area contributed by atoms with Gasteiger partial charge in [-0.25, -0.2) is 8.78 Å². The van der Waals surface area contributed by atoms with Gasteiger partial charge >= 0.3 is 0 Å². The van der Waals surface area contributed by atoms with E-state index in [2.05, 4.69) is 11.8 Å². The molecule has 1 unspecified atom stereocenters. The fourth-order valence-electron chi connectivity index (χ4n) is 2.91. The van der Waals surface area contributed by atoms with Crippen LogP contribution in [0.5, 0.6) is 0 Å². The summed E-state index contributed by atoms with van der Waals surface area (Å²) in [5.41, 5.74) is 6.79. The first kappa shape index (κ1) is 14.4. The molecule has 1 fully saturated rings. The molecule has 0 saturated heterocycles. The maximum absolute atomic E-state index is 13.2. The fourth-order valence-corrected chi connectivity index (χ4v) is 2.91. The van der Waals surface area contributed by atoms with Crippen molar-refractivity contribution in [2.75, 3.05) is 13.1 Å².